The fraction of sp³-hybridized carbons (Fsp3) is 1.00. The first-order valence-electron chi connectivity index (χ1n) is 3.78. The van der Waals surface area contributed by atoms with Crippen molar-refractivity contribution < 1.29 is 29.6 Å². The normalized spacial score (nSPS) is 46.4. The molecule has 0 spiro atoms. The first-order valence-corrected chi connectivity index (χ1v) is 3.78. The van der Waals surface area contributed by atoms with Crippen LogP contribution >= 0.6 is 0 Å². The summed E-state index contributed by atoms with van der Waals surface area (Å²) in [7, 11) is 0. The minimum Gasteiger partial charge on any atom is -0.394 e. The summed E-state index contributed by atoms with van der Waals surface area (Å²) in [6.07, 6.45) is -5.65. The van der Waals surface area contributed by atoms with E-state index in [0.717, 1.165) is 5.54 Å². The second-order valence-corrected chi connectivity index (χ2v) is 2.86. The van der Waals surface area contributed by atoms with Crippen LogP contribution in [0.2, 0.25) is 0 Å². The lowest BCUT2D eigenvalue weighted by molar-refractivity contribution is -0.260. The van der Waals surface area contributed by atoms with Gasteiger partial charge in [0.05, 0.1) is 6.61 Å². The Labute approximate surface area is 73.5 Å². The van der Waals surface area contributed by atoms with Crippen molar-refractivity contribution >= 4 is 0 Å². The van der Waals surface area contributed by atoms with Gasteiger partial charge in [-0.05, 0) is 0 Å². The number of rotatable bonds is 2. The topological polar surface area (TPSA) is 102 Å². The summed E-state index contributed by atoms with van der Waals surface area (Å²) >= 11 is 0. The van der Waals surface area contributed by atoms with Gasteiger partial charge < -0.3 is 25.2 Å². The van der Waals surface area contributed by atoms with E-state index in [1.165, 1.54) is 0 Å². The van der Waals surface area contributed by atoms with E-state index in [4.69, 9.17) is 10.2 Å². The molecule has 78 valence electrons. The van der Waals surface area contributed by atoms with Gasteiger partial charge in [0, 0.05) is 0 Å². The van der Waals surface area contributed by atoms with Gasteiger partial charge in [-0.1, -0.05) is 0 Å². The van der Waals surface area contributed by atoms with Gasteiger partial charge in [-0.25, -0.2) is 0 Å². The molecule has 6 nitrogen and oxygen atoms in total. The molecule has 0 aromatic heterocycles. The number of nitrogens with one attached hydrogen (secondary N) is 1. The summed E-state index contributed by atoms with van der Waals surface area (Å²) in [5.74, 6) is 0. The lowest BCUT2D eigenvalue weighted by Crippen LogP contribution is -2.61. The van der Waals surface area contributed by atoms with Gasteiger partial charge in [-0.3, -0.25) is 0 Å². The minimum atomic E-state index is -1.60. The van der Waals surface area contributed by atoms with Crippen LogP contribution in [0.5, 0.6) is 0 Å². The van der Waals surface area contributed by atoms with E-state index in [0.29, 0.717) is 0 Å². The maximum Gasteiger partial charge on any atom is 0.175 e. The standard InChI is InChI=1S/C6H12FNO5/c7-8-3-5(11)4(10)2(1-9)13-6(3)12/h2-6,8-12H,1H2/t2-,3-,4-,5-,6-/m1/s1. The third-order valence-corrected chi connectivity index (χ3v) is 2.03. The summed E-state index contributed by atoms with van der Waals surface area (Å²) in [4.78, 5) is 0. The van der Waals surface area contributed by atoms with Gasteiger partial charge in [-0.15, -0.1) is 10.0 Å². The zero-order chi connectivity index (χ0) is 10.0. The Bertz CT molecular complexity index is 171. The Balaban J connectivity index is 2.66. The van der Waals surface area contributed by atoms with Crippen molar-refractivity contribution in [2.75, 3.05) is 6.61 Å². The lowest BCUT2D eigenvalue weighted by Gasteiger charge is -2.38. The summed E-state index contributed by atoms with van der Waals surface area (Å²) in [5.41, 5.74) is 1.11. The van der Waals surface area contributed by atoms with E-state index in [-0.39, 0.29) is 0 Å². The molecule has 0 amide bonds. The molecule has 5 atom stereocenters. The number of halogens is 1. The Kier molecular flexibility index (Phi) is 3.54. The lowest BCUT2D eigenvalue weighted by atomic mass is 9.98. The molecule has 0 aliphatic carbocycles. The van der Waals surface area contributed by atoms with Crippen molar-refractivity contribution in [1.82, 2.24) is 5.54 Å². The van der Waals surface area contributed by atoms with Crippen LogP contribution in [0.25, 0.3) is 0 Å². The second-order valence-electron chi connectivity index (χ2n) is 2.86. The van der Waals surface area contributed by atoms with E-state index in [9.17, 15) is 14.7 Å². The van der Waals surface area contributed by atoms with Crippen LogP contribution in [0.1, 0.15) is 0 Å². The summed E-state index contributed by atoms with van der Waals surface area (Å²) < 4.78 is 16.6. The van der Waals surface area contributed by atoms with Gasteiger partial charge >= 0.3 is 0 Å². The molecule has 0 radical (unpaired) electrons. The number of aliphatic hydroxyl groups is 4. The maximum atomic E-state index is 12.0. The third kappa shape index (κ3) is 1.96. The first kappa shape index (κ1) is 10.8. The van der Waals surface area contributed by atoms with E-state index >= 15 is 0 Å². The molecule has 0 unspecified atom stereocenters. The van der Waals surface area contributed by atoms with Crippen LogP contribution in [0.3, 0.4) is 0 Å². The molecular weight excluding hydrogens is 185 g/mol. The zero-order valence-electron chi connectivity index (χ0n) is 6.67. The molecular formula is C6H12FNO5. The highest BCUT2D eigenvalue weighted by Gasteiger charge is 2.43. The Hall–Kier alpha value is -0.310. The van der Waals surface area contributed by atoms with E-state index in [1.54, 1.807) is 0 Å². The highest BCUT2D eigenvalue weighted by atomic mass is 19.2. The van der Waals surface area contributed by atoms with Crippen molar-refractivity contribution in [2.24, 2.45) is 0 Å². The number of hydrogen-bond acceptors (Lipinski definition) is 6. The number of aliphatic hydroxyl groups excluding tert-OH is 4. The van der Waals surface area contributed by atoms with Crippen LogP contribution in [-0.4, -0.2) is 57.7 Å². The van der Waals surface area contributed by atoms with Crippen molar-refractivity contribution in [1.29, 1.82) is 0 Å². The predicted octanol–water partition coefficient (Wildman–Crippen LogP) is -2.74. The fourth-order valence-electron chi connectivity index (χ4n) is 1.21. The van der Waals surface area contributed by atoms with Crippen LogP contribution in [-0.2, 0) is 4.74 Å². The smallest absolute Gasteiger partial charge is 0.175 e. The molecule has 1 fully saturated rings. The molecule has 0 aromatic carbocycles. The molecule has 0 aromatic rings. The minimum absolute atomic E-state index is 0.561. The van der Waals surface area contributed by atoms with Crippen LogP contribution in [0, 0.1) is 0 Å². The van der Waals surface area contributed by atoms with Crippen molar-refractivity contribution in [3.8, 4) is 0 Å². The molecule has 0 bridgehead atoms. The van der Waals surface area contributed by atoms with Gasteiger partial charge in [0.15, 0.2) is 6.29 Å². The van der Waals surface area contributed by atoms with Gasteiger partial charge in [0.1, 0.15) is 24.4 Å². The molecule has 13 heavy (non-hydrogen) atoms. The van der Waals surface area contributed by atoms with Crippen molar-refractivity contribution in [3.63, 3.8) is 0 Å². The van der Waals surface area contributed by atoms with E-state index in [1.807, 2.05) is 0 Å². The number of hydrogen-bond donors (Lipinski definition) is 5. The second kappa shape index (κ2) is 4.27. The first-order chi connectivity index (χ1) is 6.11. The Morgan fingerprint density at radius 3 is 2.31 bits per heavy atom. The molecule has 1 heterocycles. The number of ether oxygens (including phenoxy) is 1. The molecule has 1 rings (SSSR count). The highest BCUT2D eigenvalue weighted by molar-refractivity contribution is 4.90. The maximum absolute atomic E-state index is 12.0. The molecule has 0 saturated carbocycles. The molecule has 5 N–H and O–H groups in total. The fourth-order valence-corrected chi connectivity index (χ4v) is 1.21. The molecule has 7 heteroatoms. The predicted molar refractivity (Wildman–Crippen MR) is 38.0 cm³/mol. The molecule has 1 saturated heterocycles. The third-order valence-electron chi connectivity index (χ3n) is 2.03. The van der Waals surface area contributed by atoms with Crippen LogP contribution in [0.15, 0.2) is 0 Å². The summed E-state index contributed by atoms with van der Waals surface area (Å²) in [6, 6.07) is -1.40. The quantitative estimate of drug-likeness (QED) is 0.308. The zero-order valence-corrected chi connectivity index (χ0v) is 6.67. The van der Waals surface area contributed by atoms with Gasteiger partial charge in [-0.2, -0.15) is 0 Å². The average molecular weight is 197 g/mol. The SMILES string of the molecule is OC[C@H]1O[C@@H](O)[C@H](NF)[C@@H](O)[C@@H]1O. The summed E-state index contributed by atoms with van der Waals surface area (Å²) in [5, 5.41) is 36.1. The van der Waals surface area contributed by atoms with Crippen LogP contribution < -0.4 is 5.54 Å². The van der Waals surface area contributed by atoms with E-state index in [2.05, 4.69) is 4.74 Å². The van der Waals surface area contributed by atoms with Crippen molar-refractivity contribution in [2.45, 2.75) is 30.6 Å². The highest BCUT2D eigenvalue weighted by Crippen LogP contribution is 2.19. The summed E-state index contributed by atoms with van der Waals surface area (Å²) in [6.45, 7) is -0.561. The van der Waals surface area contributed by atoms with Gasteiger partial charge in [0.25, 0.3) is 0 Å². The van der Waals surface area contributed by atoms with E-state index < -0.39 is 37.3 Å². The van der Waals surface area contributed by atoms with Crippen LogP contribution in [0.4, 0.5) is 4.48 Å². The Morgan fingerprint density at radius 2 is 1.85 bits per heavy atom. The van der Waals surface area contributed by atoms with Crippen molar-refractivity contribution in [3.05, 3.63) is 0 Å². The van der Waals surface area contributed by atoms with Gasteiger partial charge in [0.2, 0.25) is 0 Å². The monoisotopic (exact) mass is 197 g/mol. The average Bonchev–Trinajstić information content (AvgIpc) is 2.12. The molecule has 1 aliphatic heterocycles. The molecule has 1 aliphatic rings. The largest absolute Gasteiger partial charge is 0.394 e. The Morgan fingerprint density at radius 1 is 1.23 bits per heavy atom.